The molecule has 78 valence electrons. The zero-order valence-electron chi connectivity index (χ0n) is 8.62. The van der Waals surface area contributed by atoms with E-state index in [1.165, 1.54) is 0 Å². The second kappa shape index (κ2) is 6.21. The van der Waals surface area contributed by atoms with Crippen LogP contribution in [0.15, 0.2) is 18.3 Å². The van der Waals surface area contributed by atoms with Crippen LogP contribution in [0.5, 0.6) is 11.6 Å². The molecule has 0 aromatic carbocycles. The zero-order valence-corrected chi connectivity index (χ0v) is 8.62. The van der Waals surface area contributed by atoms with Crippen molar-refractivity contribution in [3.05, 3.63) is 18.3 Å². The Morgan fingerprint density at radius 1 is 1.43 bits per heavy atom. The van der Waals surface area contributed by atoms with Gasteiger partial charge in [-0.3, -0.25) is 0 Å². The summed E-state index contributed by atoms with van der Waals surface area (Å²) in [5.74, 6) is 1.26. The standard InChI is InChI=1S/C10H16N2O2/c1-3-13-9-5-4-6-12-10(9)14-8-7-11-2/h4-6,11H,3,7-8H2,1-2H3. The molecule has 14 heavy (non-hydrogen) atoms. The summed E-state index contributed by atoms with van der Waals surface area (Å²) in [5, 5.41) is 3.00. The van der Waals surface area contributed by atoms with E-state index in [9.17, 15) is 0 Å². The molecule has 0 unspecified atom stereocenters. The first-order chi connectivity index (χ1) is 6.88. The molecule has 0 atom stereocenters. The number of nitrogens with one attached hydrogen (secondary N) is 1. The molecular weight excluding hydrogens is 180 g/mol. The first-order valence-corrected chi connectivity index (χ1v) is 4.73. The van der Waals surface area contributed by atoms with Crippen molar-refractivity contribution >= 4 is 0 Å². The van der Waals surface area contributed by atoms with Gasteiger partial charge in [-0.15, -0.1) is 0 Å². The highest BCUT2D eigenvalue weighted by molar-refractivity contribution is 5.32. The van der Waals surface area contributed by atoms with Crippen molar-refractivity contribution in [2.24, 2.45) is 0 Å². The van der Waals surface area contributed by atoms with Gasteiger partial charge in [0.15, 0.2) is 5.75 Å². The molecule has 4 nitrogen and oxygen atoms in total. The summed E-state index contributed by atoms with van der Waals surface area (Å²) in [6.45, 7) is 3.94. The Bertz CT molecular complexity index is 266. The molecular formula is C10H16N2O2. The Balaban J connectivity index is 2.55. The summed E-state index contributed by atoms with van der Waals surface area (Å²) >= 11 is 0. The van der Waals surface area contributed by atoms with E-state index in [0.29, 0.717) is 24.8 Å². The number of nitrogens with zero attached hydrogens (tertiary/aromatic N) is 1. The molecule has 0 aliphatic rings. The van der Waals surface area contributed by atoms with E-state index in [1.807, 2.05) is 26.1 Å². The number of hydrogen-bond donors (Lipinski definition) is 1. The Hall–Kier alpha value is -1.29. The molecule has 0 saturated heterocycles. The highest BCUT2D eigenvalue weighted by Crippen LogP contribution is 2.22. The predicted octanol–water partition coefficient (Wildman–Crippen LogP) is 1.08. The van der Waals surface area contributed by atoms with Crippen molar-refractivity contribution in [1.29, 1.82) is 0 Å². The molecule has 0 radical (unpaired) electrons. The summed E-state index contributed by atoms with van der Waals surface area (Å²) in [7, 11) is 1.88. The van der Waals surface area contributed by atoms with Crippen molar-refractivity contribution < 1.29 is 9.47 Å². The maximum absolute atomic E-state index is 5.43. The SMILES string of the molecule is CCOc1cccnc1OCCNC. The molecule has 1 heterocycles. The Kier molecular flexibility index (Phi) is 4.78. The maximum Gasteiger partial charge on any atom is 0.257 e. The van der Waals surface area contributed by atoms with Crippen molar-refractivity contribution in [3.63, 3.8) is 0 Å². The van der Waals surface area contributed by atoms with Crippen molar-refractivity contribution in [2.75, 3.05) is 26.8 Å². The van der Waals surface area contributed by atoms with E-state index in [1.54, 1.807) is 6.20 Å². The fourth-order valence-electron chi connectivity index (χ4n) is 1.000. The van der Waals surface area contributed by atoms with Crippen LogP contribution in [0.1, 0.15) is 6.92 Å². The van der Waals surface area contributed by atoms with E-state index in [2.05, 4.69) is 10.3 Å². The van der Waals surface area contributed by atoms with Gasteiger partial charge in [-0.25, -0.2) is 4.98 Å². The van der Waals surface area contributed by atoms with Gasteiger partial charge in [-0.1, -0.05) is 0 Å². The average Bonchev–Trinajstić information content (AvgIpc) is 2.21. The third-order valence-corrected chi connectivity index (χ3v) is 1.63. The van der Waals surface area contributed by atoms with Gasteiger partial charge in [0.2, 0.25) is 0 Å². The number of pyridine rings is 1. The Morgan fingerprint density at radius 3 is 3.00 bits per heavy atom. The molecule has 0 amide bonds. The van der Waals surface area contributed by atoms with E-state index in [0.717, 1.165) is 6.54 Å². The molecule has 1 aromatic rings. The van der Waals surface area contributed by atoms with Crippen LogP contribution in [0.4, 0.5) is 0 Å². The van der Waals surface area contributed by atoms with Crippen LogP contribution >= 0.6 is 0 Å². The fraction of sp³-hybridized carbons (Fsp3) is 0.500. The van der Waals surface area contributed by atoms with Crippen LogP contribution in [0.3, 0.4) is 0 Å². The molecule has 0 fully saturated rings. The van der Waals surface area contributed by atoms with Gasteiger partial charge < -0.3 is 14.8 Å². The second-order valence-electron chi connectivity index (χ2n) is 2.69. The number of likely N-dealkylation sites (N-methyl/N-ethyl adjacent to an activating group) is 1. The first kappa shape index (κ1) is 10.8. The molecule has 0 saturated carbocycles. The molecule has 0 aliphatic carbocycles. The van der Waals surface area contributed by atoms with Crippen LogP contribution in [0.2, 0.25) is 0 Å². The van der Waals surface area contributed by atoms with Gasteiger partial charge in [0.25, 0.3) is 5.88 Å². The third kappa shape index (κ3) is 3.22. The van der Waals surface area contributed by atoms with Crippen molar-refractivity contribution in [2.45, 2.75) is 6.92 Å². The van der Waals surface area contributed by atoms with Gasteiger partial charge >= 0.3 is 0 Å². The van der Waals surface area contributed by atoms with Gasteiger partial charge in [0.05, 0.1) is 6.61 Å². The van der Waals surface area contributed by atoms with Crippen LogP contribution in [0.25, 0.3) is 0 Å². The average molecular weight is 196 g/mol. The van der Waals surface area contributed by atoms with Crippen molar-refractivity contribution in [3.8, 4) is 11.6 Å². The van der Waals surface area contributed by atoms with Crippen LogP contribution in [-0.4, -0.2) is 31.8 Å². The molecule has 0 spiro atoms. The van der Waals surface area contributed by atoms with Crippen molar-refractivity contribution in [1.82, 2.24) is 10.3 Å². The number of rotatable bonds is 6. The Morgan fingerprint density at radius 2 is 2.29 bits per heavy atom. The number of hydrogen-bond acceptors (Lipinski definition) is 4. The van der Waals surface area contributed by atoms with Crippen LogP contribution in [-0.2, 0) is 0 Å². The summed E-state index contributed by atoms with van der Waals surface area (Å²) in [5.41, 5.74) is 0. The van der Waals surface area contributed by atoms with E-state index < -0.39 is 0 Å². The largest absolute Gasteiger partial charge is 0.488 e. The van der Waals surface area contributed by atoms with Gasteiger partial charge in [-0.05, 0) is 26.1 Å². The molecule has 0 bridgehead atoms. The second-order valence-corrected chi connectivity index (χ2v) is 2.69. The smallest absolute Gasteiger partial charge is 0.257 e. The minimum absolute atomic E-state index is 0.560. The fourth-order valence-corrected chi connectivity index (χ4v) is 1.000. The quantitative estimate of drug-likeness (QED) is 0.691. The summed E-state index contributed by atoms with van der Waals surface area (Å²) in [6, 6.07) is 3.68. The lowest BCUT2D eigenvalue weighted by Gasteiger charge is -2.09. The van der Waals surface area contributed by atoms with Crippen LogP contribution in [0, 0.1) is 0 Å². The first-order valence-electron chi connectivity index (χ1n) is 4.73. The Labute approximate surface area is 84.3 Å². The van der Waals surface area contributed by atoms with E-state index in [4.69, 9.17) is 9.47 Å². The van der Waals surface area contributed by atoms with Crippen LogP contribution < -0.4 is 14.8 Å². The minimum Gasteiger partial charge on any atom is -0.488 e. The lowest BCUT2D eigenvalue weighted by Crippen LogP contribution is -2.16. The molecule has 4 heteroatoms. The minimum atomic E-state index is 0.560. The number of aromatic nitrogens is 1. The predicted molar refractivity (Wildman–Crippen MR) is 54.8 cm³/mol. The summed E-state index contributed by atoms with van der Waals surface area (Å²) in [6.07, 6.45) is 1.69. The zero-order chi connectivity index (χ0) is 10.2. The van der Waals surface area contributed by atoms with Gasteiger partial charge in [-0.2, -0.15) is 0 Å². The maximum atomic E-state index is 5.43. The number of ether oxygens (including phenoxy) is 2. The highest BCUT2D eigenvalue weighted by Gasteiger charge is 2.03. The summed E-state index contributed by atoms with van der Waals surface area (Å²) < 4.78 is 10.8. The monoisotopic (exact) mass is 196 g/mol. The van der Waals surface area contributed by atoms with E-state index in [-0.39, 0.29) is 0 Å². The molecule has 1 N–H and O–H groups in total. The molecule has 1 rings (SSSR count). The molecule has 1 aromatic heterocycles. The van der Waals surface area contributed by atoms with Gasteiger partial charge in [0, 0.05) is 12.7 Å². The van der Waals surface area contributed by atoms with Gasteiger partial charge in [0.1, 0.15) is 6.61 Å². The normalized spacial score (nSPS) is 9.86. The lowest BCUT2D eigenvalue weighted by atomic mass is 10.4. The molecule has 0 aliphatic heterocycles. The third-order valence-electron chi connectivity index (χ3n) is 1.63. The topological polar surface area (TPSA) is 43.4 Å². The highest BCUT2D eigenvalue weighted by atomic mass is 16.5. The summed E-state index contributed by atoms with van der Waals surface area (Å²) in [4.78, 5) is 4.09. The van der Waals surface area contributed by atoms with E-state index >= 15 is 0 Å². The lowest BCUT2D eigenvalue weighted by molar-refractivity contribution is 0.268.